The number of nitrogens with zero attached hydrogens (tertiary/aromatic N) is 1. The number of esters is 1. The average Bonchev–Trinajstić information content (AvgIpc) is 3.28. The van der Waals surface area contributed by atoms with E-state index in [0.717, 1.165) is 23.5 Å². The Hall–Kier alpha value is -4.23. The first-order chi connectivity index (χ1) is 17.6. The smallest absolute Gasteiger partial charge is 0.457 e. The molecule has 0 fully saturated rings. The Balaban J connectivity index is 1.42. The number of fused-ring (bicyclic) bond motifs is 1. The zero-order valence-electron chi connectivity index (χ0n) is 18.8. The van der Waals surface area contributed by atoms with Crippen LogP contribution in [0.25, 0.3) is 10.2 Å². The van der Waals surface area contributed by atoms with E-state index in [0.29, 0.717) is 16.7 Å². The van der Waals surface area contributed by atoms with E-state index in [1.165, 1.54) is 24.3 Å². The van der Waals surface area contributed by atoms with Gasteiger partial charge in [-0.2, -0.15) is 0 Å². The van der Waals surface area contributed by atoms with E-state index in [2.05, 4.69) is 20.0 Å². The number of carbonyl (C=O) groups is 2. The number of aromatic amines is 1. The van der Waals surface area contributed by atoms with Crippen molar-refractivity contribution in [2.45, 2.75) is 26.1 Å². The number of carbonyl (C=O) groups excluding carboxylic acids is 2. The summed E-state index contributed by atoms with van der Waals surface area (Å²) in [5, 5.41) is 13.3. The molecule has 0 spiro atoms. The number of aliphatic hydroxyl groups is 1. The van der Waals surface area contributed by atoms with Gasteiger partial charge in [0.25, 0.3) is 11.5 Å². The lowest BCUT2D eigenvalue weighted by molar-refractivity contribution is -0.274. The first-order valence-electron chi connectivity index (χ1n) is 10.6. The van der Waals surface area contributed by atoms with Gasteiger partial charge in [0.05, 0.1) is 17.6 Å². The average molecular weight is 533 g/mol. The summed E-state index contributed by atoms with van der Waals surface area (Å²) in [7, 11) is 0. The summed E-state index contributed by atoms with van der Waals surface area (Å²) in [4.78, 5) is 44.2. The van der Waals surface area contributed by atoms with E-state index < -0.39 is 29.5 Å². The van der Waals surface area contributed by atoms with Gasteiger partial charge in [0.2, 0.25) is 5.82 Å². The van der Waals surface area contributed by atoms with E-state index in [4.69, 9.17) is 9.84 Å². The van der Waals surface area contributed by atoms with Gasteiger partial charge >= 0.3 is 12.3 Å². The maximum Gasteiger partial charge on any atom is 0.573 e. The first-order valence-corrected chi connectivity index (χ1v) is 11.5. The van der Waals surface area contributed by atoms with E-state index in [1.54, 1.807) is 17.5 Å². The van der Waals surface area contributed by atoms with E-state index in [-0.39, 0.29) is 41.4 Å². The van der Waals surface area contributed by atoms with Crippen molar-refractivity contribution in [1.82, 2.24) is 15.3 Å². The normalized spacial score (nSPS) is 11.4. The Morgan fingerprint density at radius 3 is 2.57 bits per heavy atom. The molecule has 4 rings (SSSR count). The number of aromatic nitrogens is 2. The maximum atomic E-state index is 12.7. The molecular formula is C24H18F3N3O6S. The standard InChI is InChI=1S/C24H18F3N3O6S/c25-24(26,27)36-17-3-1-2-14(8-17)9-28-21(33)19-29-20(32)18-16(12-37-22(18)30-19)11-35-23(34)15-6-4-13(10-31)5-7-15/h1-8,12,31H,9-11H2,(H,28,33)(H,29,30,32). The van der Waals surface area contributed by atoms with Crippen molar-refractivity contribution in [3.63, 3.8) is 0 Å². The molecule has 0 aliphatic carbocycles. The summed E-state index contributed by atoms with van der Waals surface area (Å²) in [5.74, 6) is -2.07. The summed E-state index contributed by atoms with van der Waals surface area (Å²) < 4.78 is 46.3. The molecular weight excluding hydrogens is 515 g/mol. The number of hydrogen-bond acceptors (Lipinski definition) is 8. The van der Waals surface area contributed by atoms with Gasteiger partial charge in [0.1, 0.15) is 17.2 Å². The van der Waals surface area contributed by atoms with Gasteiger partial charge in [0, 0.05) is 17.5 Å². The molecule has 0 aliphatic heterocycles. The molecule has 0 atom stereocenters. The van der Waals surface area contributed by atoms with Crippen molar-refractivity contribution < 1.29 is 37.3 Å². The predicted octanol–water partition coefficient (Wildman–Crippen LogP) is 3.66. The summed E-state index contributed by atoms with van der Waals surface area (Å²) in [6, 6.07) is 11.3. The number of thiophene rings is 1. The number of hydrogen-bond donors (Lipinski definition) is 3. The molecule has 192 valence electrons. The third-order valence-electron chi connectivity index (χ3n) is 5.05. The molecule has 2 aromatic carbocycles. The van der Waals surface area contributed by atoms with Gasteiger partial charge in [0.15, 0.2) is 0 Å². The minimum absolute atomic E-state index is 0.138. The molecule has 37 heavy (non-hydrogen) atoms. The number of rotatable bonds is 8. The lowest BCUT2D eigenvalue weighted by Crippen LogP contribution is -2.27. The highest BCUT2D eigenvalue weighted by Crippen LogP contribution is 2.24. The molecule has 2 heterocycles. The van der Waals surface area contributed by atoms with Crippen molar-refractivity contribution in [2.24, 2.45) is 0 Å². The van der Waals surface area contributed by atoms with Crippen LogP contribution in [0.1, 0.15) is 37.7 Å². The second kappa shape index (κ2) is 10.8. The third-order valence-corrected chi connectivity index (χ3v) is 5.97. The zero-order chi connectivity index (χ0) is 26.6. The van der Waals surface area contributed by atoms with E-state index >= 15 is 0 Å². The Kier molecular flexibility index (Phi) is 7.55. The number of halogens is 3. The monoisotopic (exact) mass is 533 g/mol. The van der Waals surface area contributed by atoms with Crippen LogP contribution in [0.2, 0.25) is 0 Å². The van der Waals surface area contributed by atoms with Crippen molar-refractivity contribution in [2.75, 3.05) is 0 Å². The topological polar surface area (TPSA) is 131 Å². The molecule has 0 aliphatic rings. The Labute approximate surface area is 210 Å². The SMILES string of the molecule is O=C(OCc1csc2nc(C(=O)NCc3cccc(OC(F)(F)F)c3)[nH]c(=O)c12)c1ccc(CO)cc1. The quantitative estimate of drug-likeness (QED) is 0.295. The van der Waals surface area contributed by atoms with E-state index in [1.807, 2.05) is 0 Å². The molecule has 9 nitrogen and oxygen atoms in total. The minimum Gasteiger partial charge on any atom is -0.457 e. The fourth-order valence-electron chi connectivity index (χ4n) is 3.31. The third kappa shape index (κ3) is 6.51. The highest BCUT2D eigenvalue weighted by Gasteiger charge is 2.31. The number of amides is 1. The highest BCUT2D eigenvalue weighted by atomic mass is 32.1. The Bertz CT molecular complexity index is 1500. The molecule has 13 heteroatoms. The van der Waals surface area contributed by atoms with Gasteiger partial charge in [-0.1, -0.05) is 24.3 Å². The molecule has 2 aromatic heterocycles. The van der Waals surface area contributed by atoms with Crippen LogP contribution >= 0.6 is 11.3 Å². The fourth-order valence-corrected chi connectivity index (χ4v) is 4.24. The van der Waals surface area contributed by atoms with Gasteiger partial charge in [-0.15, -0.1) is 24.5 Å². The molecule has 0 bridgehead atoms. The Morgan fingerprint density at radius 1 is 1.11 bits per heavy atom. The summed E-state index contributed by atoms with van der Waals surface area (Å²) in [6.45, 7) is -0.496. The van der Waals surface area contributed by atoms with Crippen LogP contribution in [0.15, 0.2) is 58.7 Å². The van der Waals surface area contributed by atoms with Crippen LogP contribution in [0, 0.1) is 0 Å². The second-order valence-electron chi connectivity index (χ2n) is 7.66. The van der Waals surface area contributed by atoms with Crippen LogP contribution in [-0.4, -0.2) is 33.3 Å². The number of alkyl halides is 3. The van der Waals surface area contributed by atoms with Crippen LogP contribution in [0.5, 0.6) is 5.75 Å². The number of benzene rings is 2. The van der Waals surface area contributed by atoms with Gasteiger partial charge < -0.3 is 24.9 Å². The van der Waals surface area contributed by atoms with Crippen molar-refractivity contribution in [3.8, 4) is 5.75 Å². The lowest BCUT2D eigenvalue weighted by atomic mass is 10.1. The van der Waals surface area contributed by atoms with E-state index in [9.17, 15) is 27.6 Å². The Morgan fingerprint density at radius 2 is 1.86 bits per heavy atom. The van der Waals surface area contributed by atoms with Crippen molar-refractivity contribution in [1.29, 1.82) is 0 Å². The minimum atomic E-state index is -4.84. The van der Waals surface area contributed by atoms with Crippen LogP contribution in [0.3, 0.4) is 0 Å². The molecule has 0 unspecified atom stereocenters. The lowest BCUT2D eigenvalue weighted by Gasteiger charge is -2.10. The second-order valence-corrected chi connectivity index (χ2v) is 8.52. The number of aliphatic hydroxyl groups excluding tert-OH is 1. The van der Waals surface area contributed by atoms with Gasteiger partial charge in [-0.05, 0) is 35.4 Å². The van der Waals surface area contributed by atoms with Crippen LogP contribution in [0.4, 0.5) is 13.2 Å². The highest BCUT2D eigenvalue weighted by molar-refractivity contribution is 7.16. The van der Waals surface area contributed by atoms with Gasteiger partial charge in [-0.3, -0.25) is 9.59 Å². The number of ether oxygens (including phenoxy) is 2. The largest absolute Gasteiger partial charge is 0.573 e. The molecule has 0 saturated carbocycles. The van der Waals surface area contributed by atoms with Crippen LogP contribution < -0.4 is 15.6 Å². The summed E-state index contributed by atoms with van der Waals surface area (Å²) >= 11 is 1.08. The summed E-state index contributed by atoms with van der Waals surface area (Å²) in [6.07, 6.45) is -4.84. The number of nitrogens with one attached hydrogen (secondary N) is 2. The van der Waals surface area contributed by atoms with Crippen LogP contribution in [-0.2, 0) is 24.5 Å². The van der Waals surface area contributed by atoms with Crippen molar-refractivity contribution in [3.05, 3.63) is 92.3 Å². The molecule has 3 N–H and O–H groups in total. The molecule has 4 aromatic rings. The summed E-state index contributed by atoms with van der Waals surface area (Å²) in [5.41, 5.74) is 1.04. The fraction of sp³-hybridized carbons (Fsp3) is 0.167. The first kappa shape index (κ1) is 25.9. The molecule has 0 radical (unpaired) electrons. The number of H-pyrrole nitrogens is 1. The van der Waals surface area contributed by atoms with Crippen molar-refractivity contribution >= 4 is 33.4 Å². The maximum absolute atomic E-state index is 12.7. The molecule has 0 saturated heterocycles. The predicted molar refractivity (Wildman–Crippen MR) is 126 cm³/mol. The van der Waals surface area contributed by atoms with Gasteiger partial charge in [-0.25, -0.2) is 9.78 Å². The zero-order valence-corrected chi connectivity index (χ0v) is 19.6. The molecule has 1 amide bonds.